The van der Waals surface area contributed by atoms with E-state index in [1.165, 1.54) is 25.4 Å². The van der Waals surface area contributed by atoms with E-state index in [0.29, 0.717) is 29.2 Å². The van der Waals surface area contributed by atoms with Gasteiger partial charge in [-0.05, 0) is 54.1 Å². The fourth-order valence-electron chi connectivity index (χ4n) is 2.47. The minimum absolute atomic E-state index is 0.292. The monoisotopic (exact) mass is 379 g/mol. The Morgan fingerprint density at radius 3 is 2.39 bits per heavy atom. The summed E-state index contributed by atoms with van der Waals surface area (Å²) < 4.78 is 17.6. The van der Waals surface area contributed by atoms with Crippen molar-refractivity contribution in [2.75, 3.05) is 17.7 Å². The first-order valence-electron chi connectivity index (χ1n) is 8.49. The molecule has 0 radical (unpaired) electrons. The van der Waals surface area contributed by atoms with Gasteiger partial charge in [0, 0.05) is 24.0 Å². The number of carbonyl (C=O) groups excluding carboxylic acids is 2. The van der Waals surface area contributed by atoms with Crippen molar-refractivity contribution in [3.05, 3.63) is 89.4 Å². The molecule has 1 amide bonds. The topological polar surface area (TPSA) is 80.3 Å². The Balaban J connectivity index is 1.63. The van der Waals surface area contributed by atoms with Crippen molar-refractivity contribution in [3.8, 4) is 0 Å². The highest BCUT2D eigenvalue weighted by Gasteiger charge is 2.09. The molecular formula is C21H18FN3O3. The fourth-order valence-corrected chi connectivity index (χ4v) is 2.47. The van der Waals surface area contributed by atoms with Crippen LogP contribution in [0.3, 0.4) is 0 Å². The van der Waals surface area contributed by atoms with E-state index in [9.17, 15) is 14.0 Å². The minimum atomic E-state index is -0.441. The highest BCUT2D eigenvalue weighted by molar-refractivity contribution is 6.04. The highest BCUT2D eigenvalue weighted by Crippen LogP contribution is 2.14. The summed E-state index contributed by atoms with van der Waals surface area (Å²) in [7, 11) is 1.31. The number of hydrogen-bond donors (Lipinski definition) is 2. The molecular weight excluding hydrogens is 361 g/mol. The molecule has 0 aliphatic rings. The summed E-state index contributed by atoms with van der Waals surface area (Å²) in [5.74, 6) is -0.514. The Bertz CT molecular complexity index is 973. The van der Waals surface area contributed by atoms with Gasteiger partial charge >= 0.3 is 5.97 Å². The average molecular weight is 379 g/mol. The first-order valence-corrected chi connectivity index (χ1v) is 8.49. The predicted molar refractivity (Wildman–Crippen MR) is 104 cm³/mol. The van der Waals surface area contributed by atoms with Gasteiger partial charge in [0.05, 0.1) is 12.7 Å². The zero-order valence-corrected chi connectivity index (χ0v) is 15.1. The van der Waals surface area contributed by atoms with Crippen molar-refractivity contribution in [1.29, 1.82) is 0 Å². The van der Waals surface area contributed by atoms with Crippen molar-refractivity contribution in [2.45, 2.75) is 6.54 Å². The molecule has 0 saturated heterocycles. The molecule has 2 aromatic carbocycles. The normalized spacial score (nSPS) is 10.2. The Morgan fingerprint density at radius 1 is 1.00 bits per heavy atom. The van der Waals surface area contributed by atoms with Crippen LogP contribution in [0.5, 0.6) is 0 Å². The number of pyridine rings is 1. The number of halogens is 1. The second-order valence-corrected chi connectivity index (χ2v) is 5.93. The van der Waals surface area contributed by atoms with Crippen LogP contribution in [0.25, 0.3) is 0 Å². The second kappa shape index (κ2) is 8.77. The van der Waals surface area contributed by atoms with Crippen LogP contribution in [0.15, 0.2) is 66.9 Å². The number of ether oxygens (including phenoxy) is 1. The SMILES string of the molecule is COC(=O)c1ccc(NC(=O)c2ccnc(NCc3ccc(F)cc3)c2)cc1. The molecule has 0 bridgehead atoms. The maximum Gasteiger partial charge on any atom is 0.337 e. The highest BCUT2D eigenvalue weighted by atomic mass is 19.1. The molecule has 6 nitrogen and oxygen atoms in total. The van der Waals surface area contributed by atoms with Crippen LogP contribution in [0.2, 0.25) is 0 Å². The number of hydrogen-bond acceptors (Lipinski definition) is 5. The van der Waals surface area contributed by atoms with E-state index in [4.69, 9.17) is 0 Å². The molecule has 1 aromatic heterocycles. The largest absolute Gasteiger partial charge is 0.465 e. The van der Waals surface area contributed by atoms with Crippen molar-refractivity contribution in [3.63, 3.8) is 0 Å². The summed E-state index contributed by atoms with van der Waals surface area (Å²) in [6, 6.07) is 15.8. The summed E-state index contributed by atoms with van der Waals surface area (Å²) in [6.07, 6.45) is 1.53. The molecule has 0 spiro atoms. The maximum atomic E-state index is 13.0. The number of amides is 1. The first kappa shape index (κ1) is 19.0. The van der Waals surface area contributed by atoms with Gasteiger partial charge < -0.3 is 15.4 Å². The molecule has 0 saturated carbocycles. The number of esters is 1. The van der Waals surface area contributed by atoms with Crippen LogP contribution < -0.4 is 10.6 Å². The lowest BCUT2D eigenvalue weighted by Gasteiger charge is -2.09. The zero-order chi connectivity index (χ0) is 19.9. The fraction of sp³-hybridized carbons (Fsp3) is 0.0952. The Morgan fingerprint density at radius 2 is 1.71 bits per heavy atom. The summed E-state index contributed by atoms with van der Waals surface area (Å²) in [5, 5.41) is 5.86. The van der Waals surface area contributed by atoms with E-state index in [-0.39, 0.29) is 11.7 Å². The summed E-state index contributed by atoms with van der Waals surface area (Å²) in [5.41, 5.74) is 2.27. The maximum absolute atomic E-state index is 13.0. The lowest BCUT2D eigenvalue weighted by Crippen LogP contribution is -2.13. The molecule has 0 atom stereocenters. The van der Waals surface area contributed by atoms with E-state index < -0.39 is 5.97 Å². The smallest absolute Gasteiger partial charge is 0.337 e. The molecule has 28 heavy (non-hydrogen) atoms. The number of benzene rings is 2. The molecule has 0 aliphatic heterocycles. The number of aromatic nitrogens is 1. The minimum Gasteiger partial charge on any atom is -0.465 e. The molecule has 3 rings (SSSR count). The lowest BCUT2D eigenvalue weighted by molar-refractivity contribution is 0.0600. The van der Waals surface area contributed by atoms with Crippen molar-refractivity contribution in [2.24, 2.45) is 0 Å². The Kier molecular flexibility index (Phi) is 5.96. The average Bonchev–Trinajstić information content (AvgIpc) is 2.73. The van der Waals surface area contributed by atoms with Crippen LogP contribution in [0.4, 0.5) is 15.9 Å². The zero-order valence-electron chi connectivity index (χ0n) is 15.1. The van der Waals surface area contributed by atoms with Crippen LogP contribution in [0.1, 0.15) is 26.3 Å². The predicted octanol–water partition coefficient (Wildman–Crippen LogP) is 3.87. The van der Waals surface area contributed by atoms with E-state index in [1.807, 2.05) is 0 Å². The quantitative estimate of drug-likeness (QED) is 0.636. The number of carbonyl (C=O) groups is 2. The van der Waals surface area contributed by atoms with E-state index in [0.717, 1.165) is 5.56 Å². The second-order valence-electron chi connectivity index (χ2n) is 5.93. The number of nitrogens with one attached hydrogen (secondary N) is 2. The molecule has 1 heterocycles. The van der Waals surface area contributed by atoms with Gasteiger partial charge in [-0.1, -0.05) is 12.1 Å². The lowest BCUT2D eigenvalue weighted by atomic mass is 10.2. The van der Waals surface area contributed by atoms with Crippen LogP contribution in [-0.2, 0) is 11.3 Å². The van der Waals surface area contributed by atoms with Crippen LogP contribution >= 0.6 is 0 Å². The molecule has 0 unspecified atom stereocenters. The van der Waals surface area contributed by atoms with Gasteiger partial charge in [-0.25, -0.2) is 14.2 Å². The van der Waals surface area contributed by atoms with Gasteiger partial charge in [-0.3, -0.25) is 4.79 Å². The number of anilines is 2. The standard InChI is InChI=1S/C21H18FN3O3/c1-28-21(27)15-4-8-18(9-5-15)25-20(26)16-10-11-23-19(12-16)24-13-14-2-6-17(22)7-3-14/h2-12H,13H2,1H3,(H,23,24)(H,25,26). The van der Waals surface area contributed by atoms with Crippen LogP contribution in [-0.4, -0.2) is 24.0 Å². The third kappa shape index (κ3) is 4.91. The van der Waals surface area contributed by atoms with Crippen molar-refractivity contribution in [1.82, 2.24) is 4.98 Å². The Labute approximate surface area is 161 Å². The molecule has 0 fully saturated rings. The summed E-state index contributed by atoms with van der Waals surface area (Å²) in [6.45, 7) is 0.452. The van der Waals surface area contributed by atoms with Gasteiger partial charge in [0.15, 0.2) is 0 Å². The molecule has 142 valence electrons. The van der Waals surface area contributed by atoms with Crippen molar-refractivity contribution < 1.29 is 18.7 Å². The van der Waals surface area contributed by atoms with Crippen molar-refractivity contribution >= 4 is 23.4 Å². The number of methoxy groups -OCH3 is 1. The number of nitrogens with zero attached hydrogens (tertiary/aromatic N) is 1. The third-order valence-corrected chi connectivity index (χ3v) is 3.97. The van der Waals surface area contributed by atoms with E-state index in [1.54, 1.807) is 48.5 Å². The van der Waals surface area contributed by atoms with Gasteiger partial charge in [0.2, 0.25) is 0 Å². The molecule has 3 aromatic rings. The van der Waals surface area contributed by atoms with E-state index in [2.05, 4.69) is 20.4 Å². The molecule has 2 N–H and O–H groups in total. The third-order valence-electron chi connectivity index (χ3n) is 3.97. The number of rotatable bonds is 6. The Hall–Kier alpha value is -3.74. The van der Waals surface area contributed by atoms with Gasteiger partial charge in [0.1, 0.15) is 11.6 Å². The van der Waals surface area contributed by atoms with Gasteiger partial charge in [-0.15, -0.1) is 0 Å². The van der Waals surface area contributed by atoms with Gasteiger partial charge in [-0.2, -0.15) is 0 Å². The summed E-state index contributed by atoms with van der Waals surface area (Å²) in [4.78, 5) is 28.1. The molecule has 0 aliphatic carbocycles. The van der Waals surface area contributed by atoms with Crippen LogP contribution in [0, 0.1) is 5.82 Å². The molecule has 7 heteroatoms. The first-order chi connectivity index (χ1) is 13.5. The van der Waals surface area contributed by atoms with E-state index >= 15 is 0 Å². The van der Waals surface area contributed by atoms with Gasteiger partial charge in [0.25, 0.3) is 5.91 Å². The summed E-state index contributed by atoms with van der Waals surface area (Å²) >= 11 is 0.